The Kier molecular flexibility index (Phi) is 9.00. The number of aryl methyl sites for hydroxylation is 1. The number of benzene rings is 2. The maximum absolute atomic E-state index is 13.5. The van der Waals surface area contributed by atoms with Crippen LogP contribution in [-0.2, 0) is 6.18 Å². The Balaban J connectivity index is 1.56. The summed E-state index contributed by atoms with van der Waals surface area (Å²) in [6, 6.07) is 9.23. The second-order valence-corrected chi connectivity index (χ2v) is 10.2. The van der Waals surface area contributed by atoms with Gasteiger partial charge in [-0.25, -0.2) is 14.8 Å². The molecule has 42 heavy (non-hydrogen) atoms. The number of nitrogens with one attached hydrogen (secondary N) is 3. The molecule has 0 radical (unpaired) electrons. The van der Waals surface area contributed by atoms with Gasteiger partial charge in [-0.15, -0.1) is 0 Å². The van der Waals surface area contributed by atoms with E-state index in [0.29, 0.717) is 40.3 Å². The number of halogens is 3. The Morgan fingerprint density at radius 2 is 1.69 bits per heavy atom. The molecule has 10 nitrogen and oxygen atoms in total. The predicted molar refractivity (Wildman–Crippen MR) is 158 cm³/mol. The fourth-order valence-corrected chi connectivity index (χ4v) is 4.40. The van der Waals surface area contributed by atoms with Crippen LogP contribution in [0.25, 0.3) is 11.0 Å². The molecule has 4 aromatic rings. The predicted octanol–water partition coefficient (Wildman–Crippen LogP) is 5.59. The fraction of sp³-hybridized carbons (Fsp3) is 0.310. The summed E-state index contributed by atoms with van der Waals surface area (Å²) in [6.07, 6.45) is -0.767. The topological polar surface area (TPSA) is 109 Å². The Bertz CT molecular complexity index is 1580. The van der Waals surface area contributed by atoms with Gasteiger partial charge in [0.25, 0.3) is 5.91 Å². The molecule has 3 N–H and O–H groups in total. The molecule has 0 fully saturated rings. The van der Waals surface area contributed by atoms with Crippen molar-refractivity contribution in [3.63, 3.8) is 0 Å². The van der Waals surface area contributed by atoms with Gasteiger partial charge in [0.2, 0.25) is 0 Å². The van der Waals surface area contributed by atoms with Crippen LogP contribution in [-0.4, -0.2) is 73.1 Å². The van der Waals surface area contributed by atoms with E-state index in [2.05, 4.69) is 25.6 Å². The van der Waals surface area contributed by atoms with Gasteiger partial charge in [-0.3, -0.25) is 9.69 Å². The third-order valence-electron chi connectivity index (χ3n) is 6.78. The Hall–Kier alpha value is -4.65. The van der Waals surface area contributed by atoms with Gasteiger partial charge in [0.15, 0.2) is 0 Å². The van der Waals surface area contributed by atoms with Crippen LogP contribution in [0, 0.1) is 6.92 Å². The summed E-state index contributed by atoms with van der Waals surface area (Å²) in [5.41, 5.74) is 1.40. The summed E-state index contributed by atoms with van der Waals surface area (Å²) in [5.74, 6) is -0.233. The largest absolute Gasteiger partial charge is 0.416 e. The molecule has 2 heterocycles. The number of urea groups is 1. The standard InChI is InChI=1S/C29H33F3N8O2/c1-18-7-8-19(15-22(18)37-28(42)40(5)26-21-11-12-33-25(21)34-17-35-26)27(41)36-23-16-20(29(30,31)32)9-10-24(23)39(4)14-6-13-38(2)3/h7-12,15-17H,6,13-14H2,1-5H3,(H,36,41)(H,37,42)(H,33,34,35). The van der Waals surface area contributed by atoms with Crippen LogP contribution in [0.2, 0.25) is 0 Å². The van der Waals surface area contributed by atoms with Gasteiger partial charge >= 0.3 is 12.2 Å². The molecular weight excluding hydrogens is 549 g/mol. The lowest BCUT2D eigenvalue weighted by Crippen LogP contribution is -2.32. The zero-order valence-electron chi connectivity index (χ0n) is 24.0. The molecule has 0 aliphatic heterocycles. The average molecular weight is 583 g/mol. The van der Waals surface area contributed by atoms with Crippen molar-refractivity contribution >= 4 is 45.9 Å². The summed E-state index contributed by atoms with van der Waals surface area (Å²) in [4.78, 5) is 42.9. The van der Waals surface area contributed by atoms with Crippen LogP contribution in [0.15, 0.2) is 55.0 Å². The number of carbonyl (C=O) groups is 2. The van der Waals surface area contributed by atoms with E-state index in [9.17, 15) is 22.8 Å². The zero-order valence-corrected chi connectivity index (χ0v) is 24.0. The van der Waals surface area contributed by atoms with Crippen molar-refractivity contribution < 1.29 is 22.8 Å². The molecule has 13 heteroatoms. The molecule has 0 aliphatic rings. The molecule has 0 bridgehead atoms. The number of hydrogen-bond acceptors (Lipinski definition) is 6. The molecule has 0 saturated carbocycles. The number of alkyl halides is 3. The van der Waals surface area contributed by atoms with Gasteiger partial charge < -0.3 is 25.4 Å². The molecule has 0 unspecified atom stereocenters. The Labute approximate surface area is 241 Å². The summed E-state index contributed by atoms with van der Waals surface area (Å²) < 4.78 is 40.6. The number of carbonyl (C=O) groups excluding carboxylic acids is 2. The molecule has 2 aromatic heterocycles. The van der Waals surface area contributed by atoms with Crippen molar-refractivity contribution in [2.45, 2.75) is 19.5 Å². The lowest BCUT2D eigenvalue weighted by Gasteiger charge is -2.24. The average Bonchev–Trinajstić information content (AvgIpc) is 3.42. The summed E-state index contributed by atoms with van der Waals surface area (Å²) in [5, 5.41) is 6.10. The number of nitrogens with zero attached hydrogens (tertiary/aromatic N) is 5. The molecule has 222 valence electrons. The van der Waals surface area contributed by atoms with Gasteiger partial charge in [-0.1, -0.05) is 6.07 Å². The first-order chi connectivity index (χ1) is 19.8. The molecule has 0 spiro atoms. The number of aromatic amines is 1. The second kappa shape index (κ2) is 12.5. The van der Waals surface area contributed by atoms with Crippen molar-refractivity contribution in [3.05, 3.63) is 71.7 Å². The third kappa shape index (κ3) is 6.97. The highest BCUT2D eigenvalue weighted by molar-refractivity contribution is 6.09. The van der Waals surface area contributed by atoms with E-state index in [0.717, 1.165) is 25.1 Å². The quantitative estimate of drug-likeness (QED) is 0.237. The van der Waals surface area contributed by atoms with Gasteiger partial charge in [0.05, 0.1) is 22.3 Å². The first-order valence-corrected chi connectivity index (χ1v) is 13.2. The molecule has 4 rings (SSSR count). The lowest BCUT2D eigenvalue weighted by atomic mass is 10.1. The van der Waals surface area contributed by atoms with E-state index in [4.69, 9.17) is 0 Å². The molecule has 0 aliphatic carbocycles. The number of aromatic nitrogens is 3. The van der Waals surface area contributed by atoms with E-state index in [1.54, 1.807) is 45.4 Å². The summed E-state index contributed by atoms with van der Waals surface area (Å²) in [7, 11) is 7.21. The van der Waals surface area contributed by atoms with Crippen molar-refractivity contribution in [1.29, 1.82) is 0 Å². The monoisotopic (exact) mass is 582 g/mol. The third-order valence-corrected chi connectivity index (χ3v) is 6.78. The van der Waals surface area contributed by atoms with E-state index >= 15 is 0 Å². The molecular formula is C29H33F3N8O2. The highest BCUT2D eigenvalue weighted by atomic mass is 19.4. The second-order valence-electron chi connectivity index (χ2n) is 10.2. The van der Waals surface area contributed by atoms with Crippen LogP contribution < -0.4 is 20.4 Å². The maximum Gasteiger partial charge on any atom is 0.416 e. The number of fused-ring (bicyclic) bond motifs is 1. The van der Waals surface area contributed by atoms with E-state index in [1.165, 1.54) is 23.4 Å². The molecule has 3 amide bonds. The lowest BCUT2D eigenvalue weighted by molar-refractivity contribution is -0.137. The maximum atomic E-state index is 13.5. The van der Waals surface area contributed by atoms with E-state index in [1.807, 2.05) is 23.9 Å². The molecule has 0 saturated heterocycles. The zero-order chi connectivity index (χ0) is 30.6. The van der Waals surface area contributed by atoms with Crippen molar-refractivity contribution in [2.75, 3.05) is 61.7 Å². The van der Waals surface area contributed by atoms with Gasteiger partial charge in [0.1, 0.15) is 17.8 Å². The smallest absolute Gasteiger partial charge is 0.373 e. The number of amides is 3. The highest BCUT2D eigenvalue weighted by Gasteiger charge is 2.31. The minimum atomic E-state index is -4.58. The highest BCUT2D eigenvalue weighted by Crippen LogP contribution is 2.35. The summed E-state index contributed by atoms with van der Waals surface area (Å²) >= 11 is 0. The van der Waals surface area contributed by atoms with Crippen LogP contribution >= 0.6 is 0 Å². The number of rotatable bonds is 9. The van der Waals surface area contributed by atoms with Gasteiger partial charge in [0, 0.05) is 38.1 Å². The van der Waals surface area contributed by atoms with Crippen LogP contribution in [0.5, 0.6) is 0 Å². The van der Waals surface area contributed by atoms with Crippen molar-refractivity contribution in [1.82, 2.24) is 19.9 Å². The normalized spacial score (nSPS) is 11.5. The first kappa shape index (κ1) is 30.3. The Morgan fingerprint density at radius 1 is 0.929 bits per heavy atom. The number of hydrogen-bond donors (Lipinski definition) is 3. The van der Waals surface area contributed by atoms with E-state index < -0.39 is 23.7 Å². The molecule has 0 atom stereocenters. The van der Waals surface area contributed by atoms with Gasteiger partial charge in [-0.05, 0) is 75.9 Å². The van der Waals surface area contributed by atoms with E-state index in [-0.39, 0.29) is 11.3 Å². The van der Waals surface area contributed by atoms with Crippen LogP contribution in [0.1, 0.15) is 27.9 Å². The van der Waals surface area contributed by atoms with Crippen molar-refractivity contribution in [2.24, 2.45) is 0 Å². The van der Waals surface area contributed by atoms with Crippen molar-refractivity contribution in [3.8, 4) is 0 Å². The van der Waals surface area contributed by atoms with Crippen LogP contribution in [0.4, 0.5) is 40.8 Å². The Morgan fingerprint density at radius 3 is 2.40 bits per heavy atom. The SMILES string of the molecule is Cc1ccc(C(=O)Nc2cc(C(F)(F)F)ccc2N(C)CCCN(C)C)cc1NC(=O)N(C)c1ncnc2[nH]ccc12. The minimum Gasteiger partial charge on any atom is -0.373 e. The number of H-pyrrole nitrogens is 1. The van der Waals surface area contributed by atoms with Crippen LogP contribution in [0.3, 0.4) is 0 Å². The summed E-state index contributed by atoms with van der Waals surface area (Å²) in [6.45, 7) is 3.13. The van der Waals surface area contributed by atoms with Gasteiger partial charge in [-0.2, -0.15) is 13.2 Å². The minimum absolute atomic E-state index is 0.0346. The molecule has 2 aromatic carbocycles. The first-order valence-electron chi connectivity index (χ1n) is 13.2. The number of anilines is 4. The fourth-order valence-electron chi connectivity index (χ4n) is 4.40.